The third-order valence-corrected chi connectivity index (χ3v) is 2.29. The van der Waals surface area contributed by atoms with Crippen molar-refractivity contribution in [2.75, 3.05) is 27.2 Å². The predicted octanol–water partition coefficient (Wildman–Crippen LogP) is 0.359. The number of nitrogens with zero attached hydrogens (tertiary/aromatic N) is 1. The Balaban J connectivity index is 3.44. The number of carbonyl (C=O) groups is 2. The average Bonchev–Trinajstić information content (AvgIpc) is 2.23. The Morgan fingerprint density at radius 2 is 1.76 bits per heavy atom. The van der Waals surface area contributed by atoms with Crippen LogP contribution < -0.4 is 10.6 Å². The van der Waals surface area contributed by atoms with Gasteiger partial charge in [-0.15, -0.1) is 0 Å². The summed E-state index contributed by atoms with van der Waals surface area (Å²) >= 11 is 0. The first-order valence-corrected chi connectivity index (χ1v) is 6.13. The van der Waals surface area contributed by atoms with Crippen molar-refractivity contribution in [3.8, 4) is 0 Å². The van der Waals surface area contributed by atoms with Gasteiger partial charge in [0.25, 0.3) is 0 Å². The molecule has 0 spiro atoms. The summed E-state index contributed by atoms with van der Waals surface area (Å²) in [7, 11) is 3.42. The maximum absolute atomic E-state index is 11.4. The molecular weight excluding hydrogens is 218 g/mol. The van der Waals surface area contributed by atoms with Gasteiger partial charge in [0.1, 0.15) is 0 Å². The minimum atomic E-state index is 0.0158. The van der Waals surface area contributed by atoms with Crippen LogP contribution >= 0.6 is 0 Å². The van der Waals surface area contributed by atoms with E-state index in [1.807, 2.05) is 0 Å². The standard InChI is InChI=1S/C12H25N3O2/c1-10(2)13-8-5-6-11(16)14-9-7-12(17)15(3)4/h10,13H,5-9H2,1-4H3,(H,14,16). The second kappa shape index (κ2) is 8.98. The lowest BCUT2D eigenvalue weighted by Gasteiger charge is -2.11. The highest BCUT2D eigenvalue weighted by Crippen LogP contribution is 1.90. The maximum Gasteiger partial charge on any atom is 0.223 e. The number of carbonyl (C=O) groups excluding carboxylic acids is 2. The van der Waals surface area contributed by atoms with E-state index in [0.717, 1.165) is 13.0 Å². The van der Waals surface area contributed by atoms with E-state index in [1.165, 1.54) is 4.90 Å². The molecule has 0 aliphatic heterocycles. The molecule has 0 aliphatic rings. The highest BCUT2D eigenvalue weighted by atomic mass is 16.2. The molecule has 0 saturated heterocycles. The zero-order chi connectivity index (χ0) is 13.3. The molecule has 0 aromatic carbocycles. The van der Waals surface area contributed by atoms with Crippen LogP contribution in [0.3, 0.4) is 0 Å². The van der Waals surface area contributed by atoms with Crippen LogP contribution in [0, 0.1) is 0 Å². The molecule has 0 rings (SSSR count). The zero-order valence-electron chi connectivity index (χ0n) is 11.4. The first-order valence-electron chi connectivity index (χ1n) is 6.13. The van der Waals surface area contributed by atoms with Crippen molar-refractivity contribution in [3.63, 3.8) is 0 Å². The maximum atomic E-state index is 11.4. The van der Waals surface area contributed by atoms with Crippen molar-refractivity contribution in [2.45, 2.75) is 39.2 Å². The van der Waals surface area contributed by atoms with Crippen molar-refractivity contribution >= 4 is 11.8 Å². The van der Waals surface area contributed by atoms with Gasteiger partial charge in [-0.05, 0) is 13.0 Å². The summed E-state index contributed by atoms with van der Waals surface area (Å²) in [4.78, 5) is 24.1. The number of amides is 2. The van der Waals surface area contributed by atoms with Gasteiger partial charge in [-0.3, -0.25) is 9.59 Å². The quantitative estimate of drug-likeness (QED) is 0.605. The lowest BCUT2D eigenvalue weighted by molar-refractivity contribution is -0.128. The molecule has 0 aromatic rings. The molecule has 2 N–H and O–H groups in total. The van der Waals surface area contributed by atoms with Crippen molar-refractivity contribution in [2.24, 2.45) is 0 Å². The minimum absolute atomic E-state index is 0.0158. The van der Waals surface area contributed by atoms with Crippen LogP contribution in [0.4, 0.5) is 0 Å². The lowest BCUT2D eigenvalue weighted by Crippen LogP contribution is -2.31. The van der Waals surface area contributed by atoms with E-state index in [4.69, 9.17) is 0 Å². The van der Waals surface area contributed by atoms with Gasteiger partial charge in [-0.1, -0.05) is 13.8 Å². The summed E-state index contributed by atoms with van der Waals surface area (Å²) in [6.45, 7) is 5.43. The molecule has 2 amide bonds. The van der Waals surface area contributed by atoms with Crippen molar-refractivity contribution < 1.29 is 9.59 Å². The summed E-state index contributed by atoms with van der Waals surface area (Å²) in [5.41, 5.74) is 0. The molecule has 0 fully saturated rings. The molecule has 100 valence electrons. The smallest absolute Gasteiger partial charge is 0.223 e. The Bertz CT molecular complexity index is 240. The highest BCUT2D eigenvalue weighted by molar-refractivity contribution is 5.78. The van der Waals surface area contributed by atoms with Gasteiger partial charge in [-0.2, -0.15) is 0 Å². The fraction of sp³-hybridized carbons (Fsp3) is 0.833. The van der Waals surface area contributed by atoms with Gasteiger partial charge in [0, 0.05) is 39.5 Å². The average molecular weight is 243 g/mol. The Morgan fingerprint density at radius 3 is 2.29 bits per heavy atom. The predicted molar refractivity (Wildman–Crippen MR) is 68.7 cm³/mol. The topological polar surface area (TPSA) is 61.4 Å². The molecular formula is C12H25N3O2. The molecule has 0 aliphatic carbocycles. The van der Waals surface area contributed by atoms with E-state index < -0.39 is 0 Å². The molecule has 0 radical (unpaired) electrons. The number of hydrogen-bond acceptors (Lipinski definition) is 3. The Hall–Kier alpha value is -1.10. The van der Waals surface area contributed by atoms with E-state index in [-0.39, 0.29) is 11.8 Å². The van der Waals surface area contributed by atoms with E-state index in [1.54, 1.807) is 14.1 Å². The van der Waals surface area contributed by atoms with Crippen molar-refractivity contribution in [1.29, 1.82) is 0 Å². The van der Waals surface area contributed by atoms with Gasteiger partial charge < -0.3 is 15.5 Å². The second-order valence-electron chi connectivity index (χ2n) is 4.60. The first-order chi connectivity index (χ1) is 7.93. The zero-order valence-corrected chi connectivity index (χ0v) is 11.4. The third-order valence-electron chi connectivity index (χ3n) is 2.29. The van der Waals surface area contributed by atoms with Crippen molar-refractivity contribution in [3.05, 3.63) is 0 Å². The molecule has 0 unspecified atom stereocenters. The summed E-state index contributed by atoms with van der Waals surface area (Å²) in [5, 5.41) is 5.99. The van der Waals surface area contributed by atoms with Crippen LogP contribution in [-0.2, 0) is 9.59 Å². The minimum Gasteiger partial charge on any atom is -0.356 e. The van der Waals surface area contributed by atoms with Crippen LogP contribution in [0.5, 0.6) is 0 Å². The summed E-state index contributed by atoms with van der Waals surface area (Å²) in [6.07, 6.45) is 1.70. The fourth-order valence-corrected chi connectivity index (χ4v) is 1.26. The van der Waals surface area contributed by atoms with E-state index in [0.29, 0.717) is 25.4 Å². The molecule has 0 atom stereocenters. The van der Waals surface area contributed by atoms with E-state index >= 15 is 0 Å². The molecule has 5 nitrogen and oxygen atoms in total. The van der Waals surface area contributed by atoms with Gasteiger partial charge in [-0.25, -0.2) is 0 Å². The summed E-state index contributed by atoms with van der Waals surface area (Å²) < 4.78 is 0. The summed E-state index contributed by atoms with van der Waals surface area (Å²) in [6, 6.07) is 0.454. The van der Waals surface area contributed by atoms with Crippen LogP contribution in [0.15, 0.2) is 0 Å². The van der Waals surface area contributed by atoms with Gasteiger partial charge >= 0.3 is 0 Å². The normalized spacial score (nSPS) is 10.4. The first kappa shape index (κ1) is 15.9. The number of nitrogens with one attached hydrogen (secondary N) is 2. The van der Waals surface area contributed by atoms with Gasteiger partial charge in [0.2, 0.25) is 11.8 Å². The molecule has 5 heteroatoms. The highest BCUT2D eigenvalue weighted by Gasteiger charge is 2.05. The lowest BCUT2D eigenvalue weighted by atomic mass is 10.2. The largest absolute Gasteiger partial charge is 0.356 e. The SMILES string of the molecule is CC(C)NCCCC(=O)NCCC(=O)N(C)C. The van der Waals surface area contributed by atoms with E-state index in [9.17, 15) is 9.59 Å². The van der Waals surface area contributed by atoms with Gasteiger partial charge in [0.15, 0.2) is 0 Å². The Kier molecular flexibility index (Phi) is 8.40. The Morgan fingerprint density at radius 1 is 1.12 bits per heavy atom. The molecule has 0 aromatic heterocycles. The number of rotatable bonds is 8. The summed E-state index contributed by atoms with van der Waals surface area (Å²) in [5.74, 6) is 0.0499. The van der Waals surface area contributed by atoms with Crippen LogP contribution in [0.2, 0.25) is 0 Å². The fourth-order valence-electron chi connectivity index (χ4n) is 1.26. The van der Waals surface area contributed by atoms with Crippen LogP contribution in [0.25, 0.3) is 0 Å². The molecule has 0 saturated carbocycles. The second-order valence-corrected chi connectivity index (χ2v) is 4.60. The monoisotopic (exact) mass is 243 g/mol. The van der Waals surface area contributed by atoms with Gasteiger partial charge in [0.05, 0.1) is 0 Å². The molecule has 0 bridgehead atoms. The van der Waals surface area contributed by atoms with Crippen LogP contribution in [-0.4, -0.2) is 49.9 Å². The molecule has 17 heavy (non-hydrogen) atoms. The van der Waals surface area contributed by atoms with Crippen LogP contribution in [0.1, 0.15) is 33.1 Å². The van der Waals surface area contributed by atoms with E-state index in [2.05, 4.69) is 24.5 Å². The van der Waals surface area contributed by atoms with Crippen molar-refractivity contribution in [1.82, 2.24) is 15.5 Å². The Labute approximate surface area is 104 Å². The number of hydrogen-bond donors (Lipinski definition) is 2. The third kappa shape index (κ3) is 9.81. The molecule has 0 heterocycles.